The molecule has 0 spiro atoms. The van der Waals surface area contributed by atoms with Crippen LogP contribution in [0.3, 0.4) is 0 Å². The summed E-state index contributed by atoms with van der Waals surface area (Å²) in [5.74, 6) is -1.11. The van der Waals surface area contributed by atoms with Crippen LogP contribution in [-0.4, -0.2) is 49.1 Å². The van der Waals surface area contributed by atoms with Crippen LogP contribution in [0.25, 0.3) is 5.76 Å². The molecular formula is C23H25NO5. The molecule has 1 unspecified atom stereocenters. The van der Waals surface area contributed by atoms with Gasteiger partial charge in [0.2, 0.25) is 0 Å². The summed E-state index contributed by atoms with van der Waals surface area (Å²) in [6, 6.07) is 13.9. The molecule has 3 rings (SSSR count). The number of aliphatic hydroxyl groups is 1. The Labute approximate surface area is 170 Å². The van der Waals surface area contributed by atoms with Gasteiger partial charge in [-0.05, 0) is 31.0 Å². The third-order valence-corrected chi connectivity index (χ3v) is 5.01. The van der Waals surface area contributed by atoms with Gasteiger partial charge in [-0.1, -0.05) is 42.0 Å². The first-order valence-electron chi connectivity index (χ1n) is 9.47. The highest BCUT2D eigenvalue weighted by Gasteiger charge is 2.46. The summed E-state index contributed by atoms with van der Waals surface area (Å²) in [5, 5.41) is 11.1. The molecule has 6 heteroatoms. The quantitative estimate of drug-likeness (QED) is 0.336. The highest BCUT2D eigenvalue weighted by Crippen LogP contribution is 2.41. The third-order valence-electron chi connectivity index (χ3n) is 5.01. The van der Waals surface area contributed by atoms with Gasteiger partial charge in [0, 0.05) is 20.3 Å². The van der Waals surface area contributed by atoms with E-state index in [1.165, 1.54) is 12.0 Å². The summed E-state index contributed by atoms with van der Waals surface area (Å²) in [6.07, 6.45) is 0.584. The Hall–Kier alpha value is -3.12. The molecule has 1 N–H and O–H groups in total. The number of ketones is 1. The van der Waals surface area contributed by atoms with Gasteiger partial charge >= 0.3 is 0 Å². The van der Waals surface area contributed by atoms with Crippen molar-refractivity contribution in [3.63, 3.8) is 0 Å². The number of nitrogens with zero attached hydrogens (tertiary/aromatic N) is 1. The van der Waals surface area contributed by atoms with Gasteiger partial charge in [-0.2, -0.15) is 0 Å². The molecule has 0 saturated carbocycles. The molecule has 6 nitrogen and oxygen atoms in total. The number of carbonyl (C=O) groups excluding carboxylic acids is 2. The van der Waals surface area contributed by atoms with Crippen LogP contribution in [0.4, 0.5) is 0 Å². The minimum atomic E-state index is -0.697. The molecule has 1 heterocycles. The van der Waals surface area contributed by atoms with E-state index in [2.05, 4.69) is 0 Å². The molecule has 0 radical (unpaired) electrons. The number of aliphatic hydroxyl groups excluding tert-OH is 1. The molecule has 152 valence electrons. The summed E-state index contributed by atoms with van der Waals surface area (Å²) >= 11 is 0. The molecule has 2 aromatic rings. The van der Waals surface area contributed by atoms with Gasteiger partial charge in [0.25, 0.3) is 11.7 Å². The number of methoxy groups -OCH3 is 2. The molecule has 1 saturated heterocycles. The van der Waals surface area contributed by atoms with E-state index in [1.54, 1.807) is 19.2 Å². The predicted octanol–water partition coefficient (Wildman–Crippen LogP) is 3.46. The molecule has 29 heavy (non-hydrogen) atoms. The number of ether oxygens (including phenoxy) is 2. The normalized spacial score (nSPS) is 18.3. The Morgan fingerprint density at radius 2 is 1.83 bits per heavy atom. The van der Waals surface area contributed by atoms with Gasteiger partial charge in [-0.3, -0.25) is 9.59 Å². The van der Waals surface area contributed by atoms with E-state index in [9.17, 15) is 14.7 Å². The van der Waals surface area contributed by atoms with Crippen molar-refractivity contribution in [1.29, 1.82) is 0 Å². The Balaban J connectivity index is 2.16. The maximum atomic E-state index is 13.0. The fraction of sp³-hybridized carbons (Fsp3) is 0.304. The van der Waals surface area contributed by atoms with Crippen molar-refractivity contribution in [2.24, 2.45) is 0 Å². The Morgan fingerprint density at radius 1 is 1.10 bits per heavy atom. The first-order chi connectivity index (χ1) is 14.0. The summed E-state index contributed by atoms with van der Waals surface area (Å²) in [4.78, 5) is 27.3. The molecule has 0 aromatic heterocycles. The van der Waals surface area contributed by atoms with Gasteiger partial charge in [0.15, 0.2) is 0 Å². The molecular weight excluding hydrogens is 370 g/mol. The number of Topliss-reactive ketones (excluding diaryl/α,β-unsaturated/α-hetero) is 1. The summed E-state index contributed by atoms with van der Waals surface area (Å²) in [7, 11) is 3.09. The van der Waals surface area contributed by atoms with Crippen LogP contribution < -0.4 is 4.74 Å². The Bertz CT molecular complexity index is 936. The second-order valence-electron chi connectivity index (χ2n) is 6.95. The van der Waals surface area contributed by atoms with E-state index in [-0.39, 0.29) is 11.3 Å². The second kappa shape index (κ2) is 8.92. The average Bonchev–Trinajstić information content (AvgIpc) is 2.99. The number of hydrogen-bond donors (Lipinski definition) is 1. The van der Waals surface area contributed by atoms with Crippen LogP contribution in [0.5, 0.6) is 5.75 Å². The lowest BCUT2D eigenvalue weighted by molar-refractivity contribution is -0.140. The third kappa shape index (κ3) is 4.03. The lowest BCUT2D eigenvalue weighted by atomic mass is 9.94. The molecule has 1 aliphatic rings. The molecule has 1 atom stereocenters. The number of likely N-dealkylation sites (tertiary alicyclic amines) is 1. The standard InChI is InChI=1S/C23H25NO5/c1-15-10-11-18(29-3)17(14-15)21(25)19-20(16-8-5-4-6-9-16)24(12-7-13-28-2)23(27)22(19)26/h4-6,8-11,14,20,25H,7,12-13H2,1-3H3/b21-19+. The van der Waals surface area contributed by atoms with Crippen LogP contribution in [-0.2, 0) is 14.3 Å². The molecule has 1 aliphatic heterocycles. The van der Waals surface area contributed by atoms with Crippen molar-refractivity contribution in [3.8, 4) is 5.75 Å². The molecule has 1 fully saturated rings. The van der Waals surface area contributed by atoms with Crippen LogP contribution in [0.2, 0.25) is 0 Å². The lowest BCUT2D eigenvalue weighted by Crippen LogP contribution is -2.31. The number of carbonyl (C=O) groups is 2. The van der Waals surface area contributed by atoms with E-state index in [1.807, 2.05) is 43.3 Å². The zero-order chi connectivity index (χ0) is 21.0. The average molecular weight is 395 g/mol. The highest BCUT2D eigenvalue weighted by atomic mass is 16.5. The fourth-order valence-corrected chi connectivity index (χ4v) is 3.62. The molecule has 0 aliphatic carbocycles. The first-order valence-corrected chi connectivity index (χ1v) is 9.47. The summed E-state index contributed by atoms with van der Waals surface area (Å²) < 4.78 is 10.5. The summed E-state index contributed by atoms with van der Waals surface area (Å²) in [6.45, 7) is 2.70. The van der Waals surface area contributed by atoms with Crippen molar-refractivity contribution in [1.82, 2.24) is 4.90 Å². The number of hydrogen-bond acceptors (Lipinski definition) is 5. The highest BCUT2D eigenvalue weighted by molar-refractivity contribution is 6.46. The van der Waals surface area contributed by atoms with E-state index in [4.69, 9.17) is 9.47 Å². The van der Waals surface area contributed by atoms with Crippen molar-refractivity contribution in [2.45, 2.75) is 19.4 Å². The van der Waals surface area contributed by atoms with Crippen LogP contribution in [0.15, 0.2) is 54.1 Å². The molecule has 2 aromatic carbocycles. The zero-order valence-electron chi connectivity index (χ0n) is 16.8. The maximum absolute atomic E-state index is 13.0. The zero-order valence-corrected chi connectivity index (χ0v) is 16.8. The SMILES string of the molecule is COCCCN1C(=O)C(=O)/C(=C(/O)c2cc(C)ccc2OC)C1c1ccccc1. The lowest BCUT2D eigenvalue weighted by Gasteiger charge is -2.25. The van der Waals surface area contributed by atoms with Crippen molar-refractivity contribution >= 4 is 17.4 Å². The van der Waals surface area contributed by atoms with Gasteiger partial charge in [-0.15, -0.1) is 0 Å². The largest absolute Gasteiger partial charge is 0.507 e. The van der Waals surface area contributed by atoms with E-state index >= 15 is 0 Å². The van der Waals surface area contributed by atoms with Gasteiger partial charge in [0.1, 0.15) is 11.5 Å². The van der Waals surface area contributed by atoms with E-state index in [0.717, 1.165) is 11.1 Å². The Kier molecular flexibility index (Phi) is 6.34. The molecule has 1 amide bonds. The van der Waals surface area contributed by atoms with Crippen LogP contribution in [0.1, 0.15) is 29.2 Å². The number of rotatable bonds is 7. The first kappa shape index (κ1) is 20.6. The smallest absolute Gasteiger partial charge is 0.295 e. The second-order valence-corrected chi connectivity index (χ2v) is 6.95. The van der Waals surface area contributed by atoms with Crippen LogP contribution >= 0.6 is 0 Å². The van der Waals surface area contributed by atoms with Crippen molar-refractivity contribution in [3.05, 3.63) is 70.8 Å². The topological polar surface area (TPSA) is 76.1 Å². The van der Waals surface area contributed by atoms with E-state index in [0.29, 0.717) is 30.9 Å². The van der Waals surface area contributed by atoms with Gasteiger partial charge in [-0.25, -0.2) is 0 Å². The predicted molar refractivity (Wildman–Crippen MR) is 110 cm³/mol. The number of aryl methyl sites for hydroxylation is 1. The fourth-order valence-electron chi connectivity index (χ4n) is 3.62. The van der Waals surface area contributed by atoms with Gasteiger partial charge < -0.3 is 19.5 Å². The monoisotopic (exact) mass is 395 g/mol. The summed E-state index contributed by atoms with van der Waals surface area (Å²) in [5.41, 5.74) is 2.13. The number of amides is 1. The minimum absolute atomic E-state index is 0.0718. The minimum Gasteiger partial charge on any atom is -0.507 e. The van der Waals surface area contributed by atoms with E-state index < -0.39 is 17.7 Å². The number of benzene rings is 2. The van der Waals surface area contributed by atoms with Gasteiger partial charge in [0.05, 0.1) is 24.3 Å². The van der Waals surface area contributed by atoms with Crippen LogP contribution in [0, 0.1) is 6.92 Å². The Morgan fingerprint density at radius 3 is 2.48 bits per heavy atom. The maximum Gasteiger partial charge on any atom is 0.295 e. The molecule has 0 bridgehead atoms. The van der Waals surface area contributed by atoms with Crippen molar-refractivity contribution < 1.29 is 24.2 Å². The van der Waals surface area contributed by atoms with Crippen molar-refractivity contribution in [2.75, 3.05) is 27.4 Å².